The van der Waals surface area contributed by atoms with Gasteiger partial charge in [-0.1, -0.05) is 18.2 Å². The first-order chi connectivity index (χ1) is 18.9. The zero-order chi connectivity index (χ0) is 29.8. The van der Waals surface area contributed by atoms with Crippen LogP contribution in [0.4, 0.5) is 0 Å². The van der Waals surface area contributed by atoms with Crippen LogP contribution in [-0.2, 0) is 35.2 Å². The predicted molar refractivity (Wildman–Crippen MR) is 146 cm³/mol. The molecule has 40 heavy (non-hydrogen) atoms. The molecule has 3 amide bonds. The number of carboxylic acid groups (broad SMARTS) is 3. The van der Waals surface area contributed by atoms with Gasteiger partial charge in [-0.3, -0.25) is 24.0 Å². The molecule has 15 heteroatoms. The average molecular weight is 580 g/mol. The molecule has 2 aromatic rings. The fraction of sp³-hybridized carbons (Fsp3) is 0.440. The van der Waals surface area contributed by atoms with Gasteiger partial charge in [-0.25, -0.2) is 4.79 Å². The Kier molecular flexibility index (Phi) is 12.4. The second-order valence-corrected chi connectivity index (χ2v) is 9.99. The Labute approximate surface area is 233 Å². The summed E-state index contributed by atoms with van der Waals surface area (Å²) in [5, 5.41) is 35.5. The Hall–Kier alpha value is -4.11. The summed E-state index contributed by atoms with van der Waals surface area (Å²) in [5.74, 6) is -6.11. The van der Waals surface area contributed by atoms with E-state index in [-0.39, 0.29) is 19.3 Å². The summed E-state index contributed by atoms with van der Waals surface area (Å²) in [6.45, 7) is 0. The van der Waals surface area contributed by atoms with Crippen LogP contribution in [0, 0.1) is 0 Å². The van der Waals surface area contributed by atoms with Gasteiger partial charge in [-0.2, -0.15) is 11.8 Å². The number of hydrogen-bond donors (Lipinski definition) is 8. The largest absolute Gasteiger partial charge is 0.481 e. The second kappa shape index (κ2) is 15.5. The van der Waals surface area contributed by atoms with Crippen molar-refractivity contribution in [2.45, 2.75) is 56.3 Å². The molecule has 1 aromatic carbocycles. The third-order valence-corrected chi connectivity index (χ3v) is 6.61. The van der Waals surface area contributed by atoms with Gasteiger partial charge in [0.05, 0.1) is 12.5 Å². The number of rotatable bonds is 17. The maximum absolute atomic E-state index is 13.3. The smallest absolute Gasteiger partial charge is 0.326 e. The van der Waals surface area contributed by atoms with Crippen LogP contribution in [-0.4, -0.2) is 92.1 Å². The van der Waals surface area contributed by atoms with E-state index in [1.165, 1.54) is 11.8 Å². The van der Waals surface area contributed by atoms with E-state index in [2.05, 4.69) is 20.9 Å². The number of para-hydroxylation sites is 1. The first kappa shape index (κ1) is 32.1. The van der Waals surface area contributed by atoms with Crippen molar-refractivity contribution >= 4 is 58.3 Å². The molecule has 0 radical (unpaired) electrons. The number of nitrogens with one attached hydrogen (secondary N) is 4. The highest BCUT2D eigenvalue weighted by atomic mass is 32.2. The Morgan fingerprint density at radius 2 is 1.50 bits per heavy atom. The highest BCUT2D eigenvalue weighted by Gasteiger charge is 2.31. The van der Waals surface area contributed by atoms with Crippen molar-refractivity contribution in [2.75, 3.05) is 12.0 Å². The summed E-state index contributed by atoms with van der Waals surface area (Å²) in [5.41, 5.74) is 6.98. The number of aromatic amines is 1. The summed E-state index contributed by atoms with van der Waals surface area (Å²) in [4.78, 5) is 75.8. The van der Waals surface area contributed by atoms with Gasteiger partial charge >= 0.3 is 17.9 Å². The molecule has 0 aliphatic rings. The number of nitrogens with two attached hydrogens (primary N) is 1. The third kappa shape index (κ3) is 9.89. The monoisotopic (exact) mass is 579 g/mol. The van der Waals surface area contributed by atoms with Crippen molar-refractivity contribution in [1.82, 2.24) is 20.9 Å². The molecular formula is C25H33N5O9S. The minimum atomic E-state index is -1.50. The van der Waals surface area contributed by atoms with Crippen molar-refractivity contribution < 1.29 is 44.1 Å². The standard InChI is InChI=1S/C25H33N5O9S/c1-40-9-8-18(25(38)39)29-24(37)19(10-13-12-27-16-5-3-2-4-14(13)16)30-23(36)17(6-7-20(31)32)28-22(35)15(26)11-21(33)34/h2-5,12,15,17-19,27H,6-11,26H2,1H3,(H,28,35)(H,29,37)(H,30,36)(H,31,32)(H,33,34)(H,38,39). The molecule has 0 saturated carbocycles. The van der Waals surface area contributed by atoms with Gasteiger partial charge in [-0.15, -0.1) is 0 Å². The number of fused-ring (bicyclic) bond motifs is 1. The average Bonchev–Trinajstić information content (AvgIpc) is 3.30. The van der Waals surface area contributed by atoms with Crippen LogP contribution >= 0.6 is 11.8 Å². The molecule has 14 nitrogen and oxygen atoms in total. The minimum absolute atomic E-state index is 0.0609. The lowest BCUT2D eigenvalue weighted by Crippen LogP contribution is -2.57. The van der Waals surface area contributed by atoms with Gasteiger partial charge in [0.25, 0.3) is 0 Å². The van der Waals surface area contributed by atoms with Gasteiger partial charge in [0, 0.05) is 29.9 Å². The highest BCUT2D eigenvalue weighted by molar-refractivity contribution is 7.98. The number of H-pyrrole nitrogens is 1. The molecule has 0 aliphatic heterocycles. The van der Waals surface area contributed by atoms with Gasteiger partial charge in [0.15, 0.2) is 0 Å². The molecular weight excluding hydrogens is 546 g/mol. The Morgan fingerprint density at radius 1 is 0.875 bits per heavy atom. The number of hydrogen-bond acceptors (Lipinski definition) is 8. The zero-order valence-corrected chi connectivity index (χ0v) is 22.5. The van der Waals surface area contributed by atoms with Gasteiger partial charge in [0.1, 0.15) is 18.1 Å². The van der Waals surface area contributed by atoms with Crippen molar-refractivity contribution in [2.24, 2.45) is 5.73 Å². The molecule has 2 rings (SSSR count). The minimum Gasteiger partial charge on any atom is -0.481 e. The molecule has 9 N–H and O–H groups in total. The fourth-order valence-electron chi connectivity index (χ4n) is 3.86. The summed E-state index contributed by atoms with van der Waals surface area (Å²) in [6.07, 6.45) is 1.88. The number of carboxylic acids is 3. The Bertz CT molecular complexity index is 1230. The van der Waals surface area contributed by atoms with E-state index < -0.39 is 72.6 Å². The zero-order valence-electron chi connectivity index (χ0n) is 21.7. The van der Waals surface area contributed by atoms with Crippen LogP contribution < -0.4 is 21.7 Å². The van der Waals surface area contributed by atoms with E-state index in [0.29, 0.717) is 11.3 Å². The van der Waals surface area contributed by atoms with Crippen molar-refractivity contribution in [1.29, 1.82) is 0 Å². The summed E-state index contributed by atoms with van der Waals surface area (Å²) < 4.78 is 0. The van der Waals surface area contributed by atoms with Crippen LogP contribution in [0.25, 0.3) is 10.9 Å². The lowest BCUT2D eigenvalue weighted by atomic mass is 10.0. The number of aliphatic carboxylic acids is 3. The SMILES string of the molecule is CSCCC(NC(=O)C(Cc1c[nH]c2ccccc12)NC(=O)C(CCC(=O)O)NC(=O)C(N)CC(=O)O)C(=O)O. The quantitative estimate of drug-likeness (QED) is 0.121. The molecule has 0 fully saturated rings. The molecule has 0 aliphatic carbocycles. The lowest BCUT2D eigenvalue weighted by Gasteiger charge is -2.25. The normalized spacial score (nSPS) is 13.9. The van der Waals surface area contributed by atoms with E-state index >= 15 is 0 Å². The number of carbonyl (C=O) groups excluding carboxylic acids is 3. The number of amides is 3. The molecule has 4 atom stereocenters. The van der Waals surface area contributed by atoms with Crippen molar-refractivity contribution in [3.63, 3.8) is 0 Å². The lowest BCUT2D eigenvalue weighted by molar-refractivity contribution is -0.142. The summed E-state index contributed by atoms with van der Waals surface area (Å²) in [6, 6.07) is 1.71. The first-order valence-corrected chi connectivity index (χ1v) is 13.7. The van der Waals surface area contributed by atoms with Crippen molar-refractivity contribution in [3.05, 3.63) is 36.0 Å². The highest BCUT2D eigenvalue weighted by Crippen LogP contribution is 2.19. The Balaban J connectivity index is 2.32. The van der Waals surface area contributed by atoms with E-state index in [4.69, 9.17) is 15.9 Å². The molecule has 0 saturated heterocycles. The maximum atomic E-state index is 13.3. The molecule has 4 unspecified atom stereocenters. The number of thioether (sulfide) groups is 1. The summed E-state index contributed by atoms with van der Waals surface area (Å²) in [7, 11) is 0. The number of benzene rings is 1. The van der Waals surface area contributed by atoms with E-state index in [1.807, 2.05) is 12.1 Å². The molecule has 0 bridgehead atoms. The van der Waals surface area contributed by atoms with Gasteiger partial charge in [0.2, 0.25) is 17.7 Å². The van der Waals surface area contributed by atoms with Crippen LogP contribution in [0.3, 0.4) is 0 Å². The molecule has 218 valence electrons. The van der Waals surface area contributed by atoms with Crippen LogP contribution in [0.15, 0.2) is 30.5 Å². The van der Waals surface area contributed by atoms with E-state index in [9.17, 15) is 33.9 Å². The predicted octanol–water partition coefficient (Wildman–Crippen LogP) is -0.331. The topological polar surface area (TPSA) is 241 Å². The second-order valence-electron chi connectivity index (χ2n) is 9.00. The third-order valence-electron chi connectivity index (χ3n) is 5.97. The van der Waals surface area contributed by atoms with E-state index in [0.717, 1.165) is 10.9 Å². The van der Waals surface area contributed by atoms with Crippen LogP contribution in [0.1, 0.15) is 31.2 Å². The van der Waals surface area contributed by atoms with E-state index in [1.54, 1.807) is 24.6 Å². The fourth-order valence-corrected chi connectivity index (χ4v) is 4.34. The van der Waals surface area contributed by atoms with Crippen LogP contribution in [0.2, 0.25) is 0 Å². The number of aromatic nitrogens is 1. The summed E-state index contributed by atoms with van der Waals surface area (Å²) >= 11 is 1.40. The maximum Gasteiger partial charge on any atom is 0.326 e. The first-order valence-electron chi connectivity index (χ1n) is 12.3. The van der Waals surface area contributed by atoms with Crippen LogP contribution in [0.5, 0.6) is 0 Å². The molecule has 0 spiro atoms. The Morgan fingerprint density at radius 3 is 2.12 bits per heavy atom. The van der Waals surface area contributed by atoms with Gasteiger partial charge in [-0.05, 0) is 36.5 Å². The molecule has 1 heterocycles. The van der Waals surface area contributed by atoms with Crippen molar-refractivity contribution in [3.8, 4) is 0 Å². The van der Waals surface area contributed by atoms with Gasteiger partial charge < -0.3 is 42.0 Å². The number of carbonyl (C=O) groups is 6. The molecule has 1 aromatic heterocycles.